The van der Waals surface area contributed by atoms with Crippen LogP contribution in [-0.2, 0) is 20.0 Å². The largest absolute Gasteiger partial charge is 0.477 e. The summed E-state index contributed by atoms with van der Waals surface area (Å²) in [5.41, 5.74) is 1.48. The second-order valence-electron chi connectivity index (χ2n) is 4.66. The Labute approximate surface area is 114 Å². The zero-order chi connectivity index (χ0) is 14.3. The van der Waals surface area contributed by atoms with Gasteiger partial charge in [-0.2, -0.15) is 5.10 Å². The van der Waals surface area contributed by atoms with Crippen LogP contribution in [0, 0.1) is 0 Å². The third-order valence-electron chi connectivity index (χ3n) is 3.42. The summed E-state index contributed by atoms with van der Waals surface area (Å²) in [5.74, 6) is -1.01. The van der Waals surface area contributed by atoms with Crippen LogP contribution in [0.15, 0.2) is 22.8 Å². The predicted octanol–water partition coefficient (Wildman–Crippen LogP) is 0.910. The van der Waals surface area contributed by atoms with Crippen molar-refractivity contribution in [3.63, 3.8) is 0 Å². The molecule has 0 aromatic carbocycles. The molecule has 2 aromatic rings. The van der Waals surface area contributed by atoms with Gasteiger partial charge in [0, 0.05) is 25.6 Å². The van der Waals surface area contributed by atoms with Crippen molar-refractivity contribution in [3.8, 4) is 0 Å². The van der Waals surface area contributed by atoms with E-state index in [2.05, 4.69) is 5.10 Å². The van der Waals surface area contributed by atoms with Crippen molar-refractivity contribution in [1.82, 2.24) is 14.7 Å². The van der Waals surface area contributed by atoms with E-state index in [0.29, 0.717) is 18.5 Å². The zero-order valence-corrected chi connectivity index (χ0v) is 10.9. The van der Waals surface area contributed by atoms with Gasteiger partial charge >= 0.3 is 5.97 Å². The number of aryl methyl sites for hydroxylation is 1. The topological polar surface area (TPSA) is 88.6 Å². The fourth-order valence-electron chi connectivity index (χ4n) is 2.50. The van der Waals surface area contributed by atoms with Crippen molar-refractivity contribution in [2.24, 2.45) is 7.05 Å². The molecule has 20 heavy (non-hydrogen) atoms. The molecule has 104 valence electrons. The second-order valence-corrected chi connectivity index (χ2v) is 4.66. The molecule has 1 aliphatic rings. The highest BCUT2D eigenvalue weighted by atomic mass is 16.4. The highest BCUT2D eigenvalue weighted by Gasteiger charge is 2.30. The molecule has 0 aliphatic carbocycles. The van der Waals surface area contributed by atoms with Crippen LogP contribution in [-0.4, -0.2) is 38.2 Å². The summed E-state index contributed by atoms with van der Waals surface area (Å²) in [6.45, 7) is 0.743. The Morgan fingerprint density at radius 3 is 2.90 bits per heavy atom. The van der Waals surface area contributed by atoms with E-state index in [-0.39, 0.29) is 23.9 Å². The van der Waals surface area contributed by atoms with E-state index in [0.717, 1.165) is 5.69 Å². The van der Waals surface area contributed by atoms with E-state index in [4.69, 9.17) is 4.42 Å². The van der Waals surface area contributed by atoms with Crippen LogP contribution in [0.1, 0.15) is 32.3 Å². The number of carbonyl (C=O) groups is 2. The molecule has 0 saturated carbocycles. The number of fused-ring (bicyclic) bond motifs is 1. The van der Waals surface area contributed by atoms with Crippen LogP contribution >= 0.6 is 0 Å². The van der Waals surface area contributed by atoms with Crippen molar-refractivity contribution >= 4 is 11.9 Å². The molecule has 3 rings (SSSR count). The Balaban J connectivity index is 1.92. The number of carboxylic acid groups (broad SMARTS) is 1. The number of rotatable bonds is 2. The van der Waals surface area contributed by atoms with Gasteiger partial charge in [0.1, 0.15) is 0 Å². The smallest absolute Gasteiger partial charge is 0.354 e. The highest BCUT2D eigenvalue weighted by molar-refractivity contribution is 5.92. The number of nitrogens with zero attached hydrogens (tertiary/aromatic N) is 3. The number of hydrogen-bond donors (Lipinski definition) is 1. The number of furan rings is 1. The second kappa shape index (κ2) is 4.52. The van der Waals surface area contributed by atoms with E-state index in [1.165, 1.54) is 10.9 Å². The first-order chi connectivity index (χ1) is 9.58. The van der Waals surface area contributed by atoms with Crippen molar-refractivity contribution < 1.29 is 19.1 Å². The number of carboxylic acids is 1. The van der Waals surface area contributed by atoms with Gasteiger partial charge in [0.2, 0.25) is 0 Å². The number of amides is 1. The summed E-state index contributed by atoms with van der Waals surface area (Å²) >= 11 is 0. The van der Waals surface area contributed by atoms with Crippen LogP contribution < -0.4 is 0 Å². The molecule has 0 fully saturated rings. The van der Waals surface area contributed by atoms with Crippen LogP contribution in [0.5, 0.6) is 0 Å². The van der Waals surface area contributed by atoms with Gasteiger partial charge in [-0.1, -0.05) is 0 Å². The van der Waals surface area contributed by atoms with Gasteiger partial charge in [-0.05, 0) is 12.1 Å². The molecule has 0 unspecified atom stereocenters. The van der Waals surface area contributed by atoms with Gasteiger partial charge in [-0.15, -0.1) is 0 Å². The molecule has 1 aliphatic heterocycles. The molecular formula is C13H13N3O4. The van der Waals surface area contributed by atoms with Gasteiger partial charge in [0.05, 0.1) is 18.5 Å². The molecule has 7 nitrogen and oxygen atoms in total. The third kappa shape index (κ3) is 1.87. The molecule has 0 atom stereocenters. The third-order valence-corrected chi connectivity index (χ3v) is 3.42. The van der Waals surface area contributed by atoms with Crippen molar-refractivity contribution in [2.75, 3.05) is 6.54 Å². The minimum absolute atomic E-state index is 0.136. The molecule has 1 N–H and O–H groups in total. The molecule has 0 spiro atoms. The van der Waals surface area contributed by atoms with Gasteiger partial charge in [0.25, 0.3) is 5.91 Å². The Hall–Kier alpha value is -2.57. The summed E-state index contributed by atoms with van der Waals surface area (Å²) < 4.78 is 6.45. The average Bonchev–Trinajstić information content (AvgIpc) is 3.03. The molecule has 7 heteroatoms. The lowest BCUT2D eigenvalue weighted by molar-refractivity contribution is 0.0662. The van der Waals surface area contributed by atoms with E-state index < -0.39 is 5.97 Å². The van der Waals surface area contributed by atoms with E-state index in [1.54, 1.807) is 24.1 Å². The van der Waals surface area contributed by atoms with E-state index in [1.807, 2.05) is 0 Å². The van der Waals surface area contributed by atoms with Gasteiger partial charge in [-0.25, -0.2) is 4.79 Å². The van der Waals surface area contributed by atoms with Crippen LogP contribution in [0.4, 0.5) is 0 Å². The molecule has 0 radical (unpaired) electrons. The number of aromatic nitrogens is 2. The number of carbonyl (C=O) groups excluding carboxylic acids is 1. The van der Waals surface area contributed by atoms with Crippen LogP contribution in [0.25, 0.3) is 0 Å². The first-order valence-corrected chi connectivity index (χ1v) is 6.18. The minimum Gasteiger partial charge on any atom is -0.477 e. The molecule has 0 bridgehead atoms. The lowest BCUT2D eigenvalue weighted by Gasteiger charge is -2.25. The monoisotopic (exact) mass is 275 g/mol. The summed E-state index contributed by atoms with van der Waals surface area (Å²) in [5, 5.41) is 13.4. The maximum absolute atomic E-state index is 12.2. The predicted molar refractivity (Wildman–Crippen MR) is 67.3 cm³/mol. The lowest BCUT2D eigenvalue weighted by Crippen LogP contribution is -2.36. The van der Waals surface area contributed by atoms with Gasteiger partial charge in [-0.3, -0.25) is 9.48 Å². The van der Waals surface area contributed by atoms with E-state index in [9.17, 15) is 14.7 Å². The van der Waals surface area contributed by atoms with Crippen LogP contribution in [0.3, 0.4) is 0 Å². The maximum atomic E-state index is 12.2. The van der Waals surface area contributed by atoms with Crippen molar-refractivity contribution in [1.29, 1.82) is 0 Å². The minimum atomic E-state index is -1.03. The van der Waals surface area contributed by atoms with Gasteiger partial charge < -0.3 is 14.4 Å². The standard InChI is InChI=1S/C13H13N3O4/c1-15-11(13(18)19)8-7-16(5-4-9(8)14-15)12(17)10-3-2-6-20-10/h2-3,6H,4-5,7H2,1H3,(H,18,19). The molecule has 2 aromatic heterocycles. The zero-order valence-electron chi connectivity index (χ0n) is 10.9. The summed E-state index contributed by atoms with van der Waals surface area (Å²) in [6, 6.07) is 3.24. The normalized spacial score (nSPS) is 14.2. The first-order valence-electron chi connectivity index (χ1n) is 6.18. The number of aromatic carboxylic acids is 1. The molecule has 1 amide bonds. The lowest BCUT2D eigenvalue weighted by atomic mass is 10.0. The fourth-order valence-corrected chi connectivity index (χ4v) is 2.50. The first kappa shape index (κ1) is 12.5. The molecule has 0 saturated heterocycles. The Morgan fingerprint density at radius 2 is 2.25 bits per heavy atom. The molecule has 3 heterocycles. The maximum Gasteiger partial charge on any atom is 0.354 e. The summed E-state index contributed by atoms with van der Waals surface area (Å²) in [4.78, 5) is 25.1. The average molecular weight is 275 g/mol. The molecular weight excluding hydrogens is 262 g/mol. The van der Waals surface area contributed by atoms with E-state index >= 15 is 0 Å². The Morgan fingerprint density at radius 1 is 1.45 bits per heavy atom. The quantitative estimate of drug-likeness (QED) is 0.880. The number of hydrogen-bond acceptors (Lipinski definition) is 4. The highest BCUT2D eigenvalue weighted by Crippen LogP contribution is 2.23. The van der Waals surface area contributed by atoms with Gasteiger partial charge in [0.15, 0.2) is 11.5 Å². The summed E-state index contributed by atoms with van der Waals surface area (Å²) in [7, 11) is 1.60. The van der Waals surface area contributed by atoms with Crippen LogP contribution in [0.2, 0.25) is 0 Å². The fraction of sp³-hybridized carbons (Fsp3) is 0.308. The van der Waals surface area contributed by atoms with Crippen molar-refractivity contribution in [3.05, 3.63) is 41.1 Å². The Kier molecular flexibility index (Phi) is 2.81. The summed E-state index contributed by atoms with van der Waals surface area (Å²) in [6.07, 6.45) is 1.98. The Bertz CT molecular complexity index is 672. The van der Waals surface area contributed by atoms with Crippen molar-refractivity contribution in [2.45, 2.75) is 13.0 Å². The SMILES string of the molecule is Cn1nc2c(c1C(=O)O)CN(C(=O)c1ccco1)CC2.